The molecule has 23 heavy (non-hydrogen) atoms. The topological polar surface area (TPSA) is 0 Å². The molecule has 6 heteroatoms. The Hall–Kier alpha value is -1.52. The maximum atomic E-state index is 13.4. The summed E-state index contributed by atoms with van der Waals surface area (Å²) in [6.07, 6.45) is -3.47. The van der Waals surface area contributed by atoms with Crippen LogP contribution in [0.3, 0.4) is 0 Å². The molecular weight excluding hydrogens is 351 g/mol. The molecule has 0 nitrogen and oxygen atoms in total. The molecule has 2 rings (SSSR count). The molecule has 0 spiro atoms. The Morgan fingerprint density at radius 2 is 1.70 bits per heavy atom. The van der Waals surface area contributed by atoms with E-state index in [1.165, 1.54) is 0 Å². The van der Waals surface area contributed by atoms with Gasteiger partial charge in [0.25, 0.3) is 0 Å². The summed E-state index contributed by atoms with van der Waals surface area (Å²) < 4.78 is 53.3. The van der Waals surface area contributed by atoms with E-state index in [2.05, 4.69) is 0 Å². The molecule has 0 saturated heterocycles. The lowest BCUT2D eigenvalue weighted by molar-refractivity contribution is -0.0690. The molecule has 2 aromatic rings. The first-order valence-corrected chi connectivity index (χ1v) is 7.42. The van der Waals surface area contributed by atoms with Crippen LogP contribution in [0.5, 0.6) is 0 Å². The first kappa shape index (κ1) is 17.8. The molecule has 0 aliphatic heterocycles. The number of hydrogen-bond donors (Lipinski definition) is 0. The number of aryl methyl sites for hydroxylation is 1. The van der Waals surface area contributed by atoms with Crippen LogP contribution in [0.4, 0.5) is 17.6 Å². The molecule has 0 unspecified atom stereocenters. The van der Waals surface area contributed by atoms with Gasteiger partial charge in [-0.05, 0) is 36.6 Å². The molecule has 0 aliphatic carbocycles. The van der Waals surface area contributed by atoms with Crippen LogP contribution in [0.1, 0.15) is 16.7 Å². The van der Waals surface area contributed by atoms with E-state index < -0.39 is 27.6 Å². The molecule has 0 fully saturated rings. The predicted octanol–water partition coefficient (Wildman–Crippen LogP) is 6.63. The van der Waals surface area contributed by atoms with E-state index >= 15 is 0 Å². The van der Waals surface area contributed by atoms with E-state index in [4.69, 9.17) is 23.2 Å². The lowest BCUT2D eigenvalue weighted by Crippen LogP contribution is -2.11. The summed E-state index contributed by atoms with van der Waals surface area (Å²) in [6.45, 7) is 1.86. The van der Waals surface area contributed by atoms with Crippen molar-refractivity contribution in [2.75, 3.05) is 0 Å². The predicted molar refractivity (Wildman–Crippen MR) is 85.3 cm³/mol. The average molecular weight is 363 g/mol. The maximum Gasteiger partial charge on any atom is 0.416 e. The number of alkyl halides is 3. The van der Waals surface area contributed by atoms with Crippen LogP contribution >= 0.6 is 23.2 Å². The van der Waals surface area contributed by atoms with Crippen molar-refractivity contribution in [3.05, 3.63) is 75.0 Å². The smallest absolute Gasteiger partial charge is 0.204 e. The van der Waals surface area contributed by atoms with Crippen molar-refractivity contribution >= 4 is 28.8 Å². The zero-order valence-electron chi connectivity index (χ0n) is 12.0. The summed E-state index contributed by atoms with van der Waals surface area (Å²) in [7, 11) is 0. The lowest BCUT2D eigenvalue weighted by atomic mass is 10.0. The third-order valence-corrected chi connectivity index (χ3v) is 3.77. The number of benzene rings is 2. The Bertz CT molecular complexity index is 725. The van der Waals surface area contributed by atoms with E-state index in [1.807, 2.05) is 13.0 Å². The Balaban J connectivity index is 2.44. The monoisotopic (exact) mass is 362 g/mol. The third-order valence-electron chi connectivity index (χ3n) is 3.22. The standard InChI is InChI=1S/C17H12Cl2F4/c1-10-3-2-4-11(7-10)5-6-13(17(21,22)23)12-8-14(18)16(20)15(19)9-12/h2-4,6-9H,5H2,1H3/b13-6+. The highest BCUT2D eigenvalue weighted by Crippen LogP contribution is 2.37. The van der Waals surface area contributed by atoms with Gasteiger partial charge in [0.2, 0.25) is 0 Å². The zero-order chi connectivity index (χ0) is 17.2. The van der Waals surface area contributed by atoms with Gasteiger partial charge in [0.05, 0.1) is 15.6 Å². The Morgan fingerprint density at radius 3 is 2.22 bits per heavy atom. The van der Waals surface area contributed by atoms with Crippen molar-refractivity contribution < 1.29 is 17.6 Å². The highest BCUT2D eigenvalue weighted by Gasteiger charge is 2.35. The van der Waals surface area contributed by atoms with Crippen molar-refractivity contribution in [2.45, 2.75) is 19.5 Å². The van der Waals surface area contributed by atoms with Crippen LogP contribution in [0.15, 0.2) is 42.5 Å². The highest BCUT2D eigenvalue weighted by atomic mass is 35.5. The highest BCUT2D eigenvalue weighted by molar-refractivity contribution is 6.35. The molecule has 0 bridgehead atoms. The van der Waals surface area contributed by atoms with Crippen LogP contribution in [-0.2, 0) is 6.42 Å². The van der Waals surface area contributed by atoms with Crippen molar-refractivity contribution in [1.29, 1.82) is 0 Å². The Kier molecular flexibility index (Phi) is 5.37. The molecular formula is C17H12Cl2F4. The number of rotatable bonds is 3. The van der Waals surface area contributed by atoms with Gasteiger partial charge in [-0.25, -0.2) is 4.39 Å². The van der Waals surface area contributed by atoms with Crippen LogP contribution in [0.25, 0.3) is 5.57 Å². The van der Waals surface area contributed by atoms with Gasteiger partial charge in [-0.2, -0.15) is 13.2 Å². The SMILES string of the molecule is Cc1cccc(C/C=C(\c2cc(Cl)c(F)c(Cl)c2)C(F)(F)F)c1. The number of allylic oxidation sites excluding steroid dienone is 2. The molecule has 0 N–H and O–H groups in total. The van der Waals surface area contributed by atoms with Crippen molar-refractivity contribution in [3.8, 4) is 0 Å². The van der Waals surface area contributed by atoms with E-state index in [9.17, 15) is 17.6 Å². The first-order valence-electron chi connectivity index (χ1n) is 6.66. The fourth-order valence-electron chi connectivity index (χ4n) is 2.17. The molecule has 0 aliphatic rings. The molecule has 0 amide bonds. The van der Waals surface area contributed by atoms with Crippen molar-refractivity contribution in [1.82, 2.24) is 0 Å². The summed E-state index contributed by atoms with van der Waals surface area (Å²) in [4.78, 5) is 0. The van der Waals surface area contributed by atoms with E-state index in [0.717, 1.165) is 29.3 Å². The van der Waals surface area contributed by atoms with Crippen molar-refractivity contribution in [3.63, 3.8) is 0 Å². The average Bonchev–Trinajstić information content (AvgIpc) is 2.43. The Morgan fingerprint density at radius 1 is 1.09 bits per heavy atom. The van der Waals surface area contributed by atoms with Crippen LogP contribution in [0.2, 0.25) is 10.0 Å². The van der Waals surface area contributed by atoms with Crippen molar-refractivity contribution in [2.24, 2.45) is 0 Å². The normalized spacial score (nSPS) is 12.6. The van der Waals surface area contributed by atoms with Gasteiger partial charge in [-0.3, -0.25) is 0 Å². The van der Waals surface area contributed by atoms with Gasteiger partial charge >= 0.3 is 6.18 Å². The van der Waals surface area contributed by atoms with Crippen LogP contribution in [-0.4, -0.2) is 6.18 Å². The second kappa shape index (κ2) is 6.93. The summed E-state index contributed by atoms with van der Waals surface area (Å²) >= 11 is 11.2. The lowest BCUT2D eigenvalue weighted by Gasteiger charge is -2.14. The number of hydrogen-bond acceptors (Lipinski definition) is 0. The van der Waals surface area contributed by atoms with E-state index in [0.29, 0.717) is 0 Å². The molecule has 0 aromatic heterocycles. The van der Waals surface area contributed by atoms with Gasteiger partial charge < -0.3 is 0 Å². The molecule has 0 radical (unpaired) electrons. The van der Waals surface area contributed by atoms with E-state index in [1.54, 1.807) is 18.2 Å². The summed E-state index contributed by atoms with van der Waals surface area (Å²) in [6, 6.07) is 9.03. The minimum Gasteiger partial charge on any atom is -0.204 e. The Labute approximate surface area is 141 Å². The molecule has 122 valence electrons. The second-order valence-electron chi connectivity index (χ2n) is 5.06. The summed E-state index contributed by atoms with van der Waals surface area (Å²) in [5, 5.41) is -0.892. The van der Waals surface area contributed by atoms with Gasteiger partial charge in [0.15, 0.2) is 5.82 Å². The van der Waals surface area contributed by atoms with Gasteiger partial charge in [-0.1, -0.05) is 59.1 Å². The quantitative estimate of drug-likeness (QED) is 0.424. The third kappa shape index (κ3) is 4.49. The first-order chi connectivity index (χ1) is 10.7. The molecule has 0 atom stereocenters. The fourth-order valence-corrected chi connectivity index (χ4v) is 2.65. The van der Waals surface area contributed by atoms with Gasteiger partial charge in [-0.15, -0.1) is 0 Å². The van der Waals surface area contributed by atoms with Crippen LogP contribution in [0, 0.1) is 12.7 Å². The minimum absolute atomic E-state index is 0.0864. The largest absolute Gasteiger partial charge is 0.416 e. The zero-order valence-corrected chi connectivity index (χ0v) is 13.5. The minimum atomic E-state index is -4.60. The summed E-state index contributed by atoms with van der Waals surface area (Å²) in [5.41, 5.74) is 0.535. The van der Waals surface area contributed by atoms with Crippen LogP contribution < -0.4 is 0 Å². The maximum absolute atomic E-state index is 13.4. The molecule has 0 saturated carbocycles. The van der Waals surface area contributed by atoms with Gasteiger partial charge in [0.1, 0.15) is 0 Å². The fraction of sp³-hybridized carbons (Fsp3) is 0.176. The van der Waals surface area contributed by atoms with E-state index in [-0.39, 0.29) is 12.0 Å². The second-order valence-corrected chi connectivity index (χ2v) is 5.88. The van der Waals surface area contributed by atoms with Gasteiger partial charge in [0, 0.05) is 0 Å². The summed E-state index contributed by atoms with van der Waals surface area (Å²) in [5.74, 6) is -0.933. The molecule has 2 aromatic carbocycles. The number of halogens is 6. The molecule has 0 heterocycles.